The number of carbonyl (C=O) groups is 1. The summed E-state index contributed by atoms with van der Waals surface area (Å²) < 4.78 is 4.09. The standard InChI is InChI=1S/C13H23N3O2S/c1-8(2)16(9(3)4)7-6-14-12-11(13(17)18)10(5)15-19-12/h8-9,14H,6-7H2,1-5H3,(H,17,18). The van der Waals surface area contributed by atoms with Gasteiger partial charge >= 0.3 is 5.97 Å². The molecule has 19 heavy (non-hydrogen) atoms. The Morgan fingerprint density at radius 2 is 1.95 bits per heavy atom. The van der Waals surface area contributed by atoms with Crippen molar-refractivity contribution in [3.8, 4) is 0 Å². The van der Waals surface area contributed by atoms with Crippen molar-refractivity contribution < 1.29 is 9.90 Å². The summed E-state index contributed by atoms with van der Waals surface area (Å²) in [6.45, 7) is 12.0. The van der Waals surface area contributed by atoms with Crippen molar-refractivity contribution >= 4 is 22.5 Å². The number of hydrogen-bond acceptors (Lipinski definition) is 5. The predicted molar refractivity (Wildman–Crippen MR) is 79.3 cm³/mol. The molecule has 0 saturated carbocycles. The van der Waals surface area contributed by atoms with Gasteiger partial charge in [0.2, 0.25) is 0 Å². The number of carboxylic acids is 1. The first-order chi connectivity index (χ1) is 8.84. The molecule has 0 radical (unpaired) electrons. The normalized spacial score (nSPS) is 11.6. The molecule has 1 heterocycles. The van der Waals surface area contributed by atoms with E-state index in [1.807, 2.05) is 0 Å². The molecule has 0 aliphatic rings. The third-order valence-corrected chi connectivity index (χ3v) is 3.95. The van der Waals surface area contributed by atoms with Crippen LogP contribution >= 0.6 is 11.5 Å². The van der Waals surface area contributed by atoms with Gasteiger partial charge in [0.1, 0.15) is 10.6 Å². The highest BCUT2D eigenvalue weighted by Gasteiger charge is 2.18. The Labute approximate surface area is 118 Å². The van der Waals surface area contributed by atoms with Gasteiger partial charge in [-0.1, -0.05) is 0 Å². The molecule has 1 aromatic heterocycles. The molecule has 0 spiro atoms. The van der Waals surface area contributed by atoms with E-state index in [0.29, 0.717) is 28.3 Å². The van der Waals surface area contributed by atoms with Crippen LogP contribution in [0.5, 0.6) is 0 Å². The number of nitrogens with zero attached hydrogens (tertiary/aromatic N) is 2. The molecule has 0 atom stereocenters. The number of rotatable bonds is 7. The van der Waals surface area contributed by atoms with E-state index in [0.717, 1.165) is 13.1 Å². The van der Waals surface area contributed by atoms with Crippen LogP contribution in [0.15, 0.2) is 0 Å². The molecular formula is C13H23N3O2S. The molecule has 1 aromatic rings. The van der Waals surface area contributed by atoms with Crippen LogP contribution in [0.1, 0.15) is 43.7 Å². The van der Waals surface area contributed by atoms with Crippen LogP contribution in [0.2, 0.25) is 0 Å². The lowest BCUT2D eigenvalue weighted by Crippen LogP contribution is -2.40. The zero-order valence-electron chi connectivity index (χ0n) is 12.2. The fraction of sp³-hybridized carbons (Fsp3) is 0.692. The molecule has 6 heteroatoms. The molecule has 0 bridgehead atoms. The Morgan fingerprint density at radius 1 is 1.37 bits per heavy atom. The number of aromatic nitrogens is 1. The van der Waals surface area contributed by atoms with Crippen LogP contribution in [-0.2, 0) is 0 Å². The lowest BCUT2D eigenvalue weighted by atomic mass is 10.2. The van der Waals surface area contributed by atoms with Crippen molar-refractivity contribution in [2.45, 2.75) is 46.7 Å². The number of carboxylic acid groups (broad SMARTS) is 1. The van der Waals surface area contributed by atoms with Gasteiger partial charge in [0.25, 0.3) is 0 Å². The summed E-state index contributed by atoms with van der Waals surface area (Å²) in [4.78, 5) is 13.5. The molecule has 0 aromatic carbocycles. The minimum atomic E-state index is -0.918. The monoisotopic (exact) mass is 285 g/mol. The fourth-order valence-electron chi connectivity index (χ4n) is 2.15. The maximum atomic E-state index is 11.1. The summed E-state index contributed by atoms with van der Waals surface area (Å²) in [6.07, 6.45) is 0. The van der Waals surface area contributed by atoms with E-state index < -0.39 is 5.97 Å². The fourth-order valence-corrected chi connectivity index (χ4v) is 2.97. The third-order valence-electron chi connectivity index (χ3n) is 3.06. The minimum absolute atomic E-state index is 0.297. The van der Waals surface area contributed by atoms with Crippen molar-refractivity contribution in [1.29, 1.82) is 0 Å². The van der Waals surface area contributed by atoms with E-state index >= 15 is 0 Å². The molecule has 5 nitrogen and oxygen atoms in total. The second-order valence-corrected chi connectivity index (χ2v) is 5.90. The van der Waals surface area contributed by atoms with Gasteiger partial charge in [0.15, 0.2) is 0 Å². The first-order valence-corrected chi connectivity index (χ1v) is 7.31. The number of anilines is 1. The van der Waals surface area contributed by atoms with Crippen molar-refractivity contribution in [3.63, 3.8) is 0 Å². The van der Waals surface area contributed by atoms with Gasteiger partial charge in [0.05, 0.1) is 5.69 Å². The third kappa shape index (κ3) is 4.18. The van der Waals surface area contributed by atoms with Crippen LogP contribution in [0, 0.1) is 6.92 Å². The number of nitrogens with one attached hydrogen (secondary N) is 1. The summed E-state index contributed by atoms with van der Waals surface area (Å²) in [7, 11) is 0. The highest BCUT2D eigenvalue weighted by Crippen LogP contribution is 2.24. The minimum Gasteiger partial charge on any atom is -0.478 e. The Kier molecular flexibility index (Phi) is 5.75. The Bertz CT molecular complexity index is 422. The van der Waals surface area contributed by atoms with Gasteiger partial charge in [-0.3, -0.25) is 4.90 Å². The van der Waals surface area contributed by atoms with Crippen molar-refractivity contribution in [2.24, 2.45) is 0 Å². The average molecular weight is 285 g/mol. The van der Waals surface area contributed by atoms with Crippen molar-refractivity contribution in [3.05, 3.63) is 11.3 Å². The van der Waals surface area contributed by atoms with Gasteiger partial charge in [-0.25, -0.2) is 4.79 Å². The SMILES string of the molecule is Cc1nsc(NCCN(C(C)C)C(C)C)c1C(=O)O. The van der Waals surface area contributed by atoms with Crippen LogP contribution in [0.3, 0.4) is 0 Å². The van der Waals surface area contributed by atoms with Gasteiger partial charge in [-0.05, 0) is 46.2 Å². The van der Waals surface area contributed by atoms with Crippen LogP contribution in [0.25, 0.3) is 0 Å². The molecule has 0 aliphatic heterocycles. The highest BCUT2D eigenvalue weighted by molar-refractivity contribution is 7.10. The van der Waals surface area contributed by atoms with E-state index in [1.165, 1.54) is 11.5 Å². The first kappa shape index (κ1) is 15.9. The molecule has 0 unspecified atom stereocenters. The summed E-state index contributed by atoms with van der Waals surface area (Å²) in [5, 5.41) is 13.0. The van der Waals surface area contributed by atoms with Crippen LogP contribution < -0.4 is 5.32 Å². The number of aromatic carboxylic acids is 1. The lowest BCUT2D eigenvalue weighted by molar-refractivity contribution is 0.0697. The Balaban J connectivity index is 2.60. The maximum Gasteiger partial charge on any atom is 0.340 e. The quantitative estimate of drug-likeness (QED) is 0.806. The second kappa shape index (κ2) is 6.86. The van der Waals surface area contributed by atoms with Crippen molar-refractivity contribution in [2.75, 3.05) is 18.4 Å². The smallest absolute Gasteiger partial charge is 0.340 e. The van der Waals surface area contributed by atoms with Gasteiger partial charge in [0, 0.05) is 25.2 Å². The van der Waals surface area contributed by atoms with Crippen LogP contribution in [-0.4, -0.2) is 45.5 Å². The second-order valence-electron chi connectivity index (χ2n) is 5.13. The molecule has 0 aliphatic carbocycles. The van der Waals surface area contributed by atoms with Gasteiger partial charge in [-0.2, -0.15) is 4.37 Å². The average Bonchev–Trinajstić information content (AvgIpc) is 2.64. The van der Waals surface area contributed by atoms with E-state index in [9.17, 15) is 4.79 Å². The number of hydrogen-bond donors (Lipinski definition) is 2. The summed E-state index contributed by atoms with van der Waals surface area (Å²) in [5.41, 5.74) is 0.871. The molecule has 0 fully saturated rings. The Morgan fingerprint density at radius 3 is 2.42 bits per heavy atom. The molecule has 0 amide bonds. The van der Waals surface area contributed by atoms with E-state index in [4.69, 9.17) is 5.11 Å². The highest BCUT2D eigenvalue weighted by atomic mass is 32.1. The van der Waals surface area contributed by atoms with E-state index in [-0.39, 0.29) is 0 Å². The topological polar surface area (TPSA) is 65.5 Å². The van der Waals surface area contributed by atoms with E-state index in [1.54, 1.807) is 6.92 Å². The predicted octanol–water partition coefficient (Wildman–Crippen LogP) is 2.68. The van der Waals surface area contributed by atoms with Crippen LogP contribution in [0.4, 0.5) is 5.00 Å². The van der Waals surface area contributed by atoms with Crippen molar-refractivity contribution in [1.82, 2.24) is 9.27 Å². The zero-order valence-corrected chi connectivity index (χ0v) is 13.0. The lowest BCUT2D eigenvalue weighted by Gasteiger charge is -2.30. The molecule has 0 saturated heterocycles. The first-order valence-electron chi connectivity index (χ1n) is 6.53. The largest absolute Gasteiger partial charge is 0.478 e. The van der Waals surface area contributed by atoms with Gasteiger partial charge < -0.3 is 10.4 Å². The summed E-state index contributed by atoms with van der Waals surface area (Å²) in [6, 6.07) is 0.952. The number of aryl methyl sites for hydroxylation is 1. The maximum absolute atomic E-state index is 11.1. The van der Waals surface area contributed by atoms with Gasteiger partial charge in [-0.15, -0.1) is 0 Å². The molecular weight excluding hydrogens is 262 g/mol. The summed E-state index contributed by atoms with van der Waals surface area (Å²) >= 11 is 1.21. The zero-order chi connectivity index (χ0) is 14.6. The molecule has 2 N–H and O–H groups in total. The molecule has 1 rings (SSSR count). The molecule has 108 valence electrons. The van der Waals surface area contributed by atoms with E-state index in [2.05, 4.69) is 42.3 Å². The Hall–Kier alpha value is -1.14. The summed E-state index contributed by atoms with van der Waals surface area (Å²) in [5.74, 6) is -0.918.